The summed E-state index contributed by atoms with van der Waals surface area (Å²) in [6.07, 6.45) is 5.85. The predicted octanol–water partition coefficient (Wildman–Crippen LogP) is 4.47. The number of carbonyl (C=O) groups excluding carboxylic acids is 1. The summed E-state index contributed by atoms with van der Waals surface area (Å²) in [5.41, 5.74) is 2.70. The first-order chi connectivity index (χ1) is 13.7. The number of ether oxygens (including phenoxy) is 2. The summed E-state index contributed by atoms with van der Waals surface area (Å²) < 4.78 is 12.9. The summed E-state index contributed by atoms with van der Waals surface area (Å²) in [4.78, 5) is 15.3. The Balaban J connectivity index is 1.64. The molecule has 2 heterocycles. The van der Waals surface area contributed by atoms with Crippen LogP contribution in [0.2, 0.25) is 0 Å². The molecule has 1 atom stereocenters. The van der Waals surface area contributed by atoms with Crippen molar-refractivity contribution in [3.05, 3.63) is 78.1 Å². The molecule has 1 saturated heterocycles. The smallest absolute Gasteiger partial charge is 0.254 e. The summed E-state index contributed by atoms with van der Waals surface area (Å²) in [5.74, 6) is 1.55. The first-order valence-corrected chi connectivity index (χ1v) is 9.47. The second-order valence-corrected chi connectivity index (χ2v) is 6.91. The van der Waals surface area contributed by atoms with Gasteiger partial charge in [0.2, 0.25) is 0 Å². The lowest BCUT2D eigenvalue weighted by molar-refractivity contribution is 0.0734. The van der Waals surface area contributed by atoms with Crippen molar-refractivity contribution < 1.29 is 14.3 Å². The number of amides is 1. The lowest BCUT2D eigenvalue weighted by atomic mass is 10.0. The van der Waals surface area contributed by atoms with Crippen molar-refractivity contribution in [3.8, 4) is 17.2 Å². The number of hydrogen-bond donors (Lipinski definition) is 0. The van der Waals surface area contributed by atoms with Crippen LogP contribution in [-0.2, 0) is 0 Å². The van der Waals surface area contributed by atoms with E-state index in [-0.39, 0.29) is 11.9 Å². The third kappa shape index (κ3) is 3.36. The number of benzene rings is 2. The molecule has 1 aliphatic heterocycles. The Morgan fingerprint density at radius 1 is 1.00 bits per heavy atom. The highest BCUT2D eigenvalue weighted by Gasteiger charge is 2.32. The Bertz CT molecular complexity index is 966. The molecule has 1 aromatic heterocycles. The van der Waals surface area contributed by atoms with Crippen molar-refractivity contribution in [2.45, 2.75) is 18.9 Å². The molecule has 0 saturated carbocycles. The minimum atomic E-state index is 0.00332. The molecule has 0 aliphatic carbocycles. The minimum absolute atomic E-state index is 0.00332. The van der Waals surface area contributed by atoms with Gasteiger partial charge in [-0.3, -0.25) is 4.79 Å². The predicted molar refractivity (Wildman–Crippen MR) is 108 cm³/mol. The van der Waals surface area contributed by atoms with Gasteiger partial charge in [-0.1, -0.05) is 6.07 Å². The zero-order valence-corrected chi connectivity index (χ0v) is 16.2. The third-order valence-corrected chi connectivity index (χ3v) is 5.31. The van der Waals surface area contributed by atoms with E-state index in [1.165, 1.54) is 0 Å². The average Bonchev–Trinajstić information content (AvgIpc) is 3.45. The molecule has 28 heavy (non-hydrogen) atoms. The molecular weight excluding hydrogens is 352 g/mol. The Morgan fingerprint density at radius 2 is 1.82 bits per heavy atom. The maximum Gasteiger partial charge on any atom is 0.254 e. The van der Waals surface area contributed by atoms with Gasteiger partial charge in [0, 0.05) is 41.8 Å². The molecule has 0 bridgehead atoms. The normalized spacial score (nSPS) is 16.2. The molecule has 1 fully saturated rings. The van der Waals surface area contributed by atoms with Gasteiger partial charge >= 0.3 is 0 Å². The van der Waals surface area contributed by atoms with Crippen LogP contribution in [0.25, 0.3) is 5.69 Å². The molecule has 0 radical (unpaired) electrons. The van der Waals surface area contributed by atoms with E-state index < -0.39 is 0 Å². The molecular formula is C23H24N2O3. The molecule has 144 valence electrons. The van der Waals surface area contributed by atoms with Gasteiger partial charge in [-0.15, -0.1) is 0 Å². The highest BCUT2D eigenvalue weighted by molar-refractivity contribution is 5.95. The molecule has 2 aromatic carbocycles. The Labute approximate surface area is 165 Å². The van der Waals surface area contributed by atoms with Crippen molar-refractivity contribution in [1.29, 1.82) is 0 Å². The number of aromatic nitrogens is 1. The summed E-state index contributed by atoms with van der Waals surface area (Å²) in [7, 11) is 3.29. The van der Waals surface area contributed by atoms with Crippen LogP contribution in [-0.4, -0.2) is 36.1 Å². The van der Waals surface area contributed by atoms with Crippen LogP contribution in [0.4, 0.5) is 0 Å². The van der Waals surface area contributed by atoms with E-state index in [4.69, 9.17) is 9.47 Å². The van der Waals surface area contributed by atoms with Crippen LogP contribution in [0, 0.1) is 0 Å². The van der Waals surface area contributed by atoms with Crippen LogP contribution < -0.4 is 9.47 Å². The Kier molecular flexibility index (Phi) is 5.06. The zero-order chi connectivity index (χ0) is 19.5. The van der Waals surface area contributed by atoms with E-state index in [1.807, 2.05) is 76.5 Å². The first-order valence-electron chi connectivity index (χ1n) is 9.47. The number of hydrogen-bond acceptors (Lipinski definition) is 3. The average molecular weight is 376 g/mol. The highest BCUT2D eigenvalue weighted by Crippen LogP contribution is 2.39. The highest BCUT2D eigenvalue weighted by atomic mass is 16.5. The fourth-order valence-electron chi connectivity index (χ4n) is 3.90. The fraction of sp³-hybridized carbons (Fsp3) is 0.261. The maximum absolute atomic E-state index is 13.3. The second kappa shape index (κ2) is 7.80. The molecule has 1 aliphatic rings. The zero-order valence-electron chi connectivity index (χ0n) is 16.2. The van der Waals surface area contributed by atoms with Gasteiger partial charge in [-0.05, 0) is 55.3 Å². The summed E-state index contributed by atoms with van der Waals surface area (Å²) in [6.45, 7) is 0.742. The summed E-state index contributed by atoms with van der Waals surface area (Å²) in [5, 5.41) is 0. The van der Waals surface area contributed by atoms with Gasteiger partial charge < -0.3 is 18.9 Å². The monoisotopic (exact) mass is 376 g/mol. The van der Waals surface area contributed by atoms with Gasteiger partial charge in [0.15, 0.2) is 0 Å². The van der Waals surface area contributed by atoms with E-state index >= 15 is 0 Å². The Morgan fingerprint density at radius 3 is 2.57 bits per heavy atom. The number of rotatable bonds is 5. The van der Waals surface area contributed by atoms with Crippen LogP contribution >= 0.6 is 0 Å². The van der Waals surface area contributed by atoms with Crippen LogP contribution in [0.3, 0.4) is 0 Å². The van der Waals surface area contributed by atoms with E-state index in [2.05, 4.69) is 0 Å². The quantitative estimate of drug-likeness (QED) is 0.660. The maximum atomic E-state index is 13.3. The lowest BCUT2D eigenvalue weighted by Crippen LogP contribution is -2.30. The van der Waals surface area contributed by atoms with Gasteiger partial charge in [0.1, 0.15) is 11.5 Å². The van der Waals surface area contributed by atoms with Crippen LogP contribution in [0.1, 0.15) is 34.8 Å². The van der Waals surface area contributed by atoms with Crippen LogP contribution in [0.15, 0.2) is 67.0 Å². The molecule has 3 aromatic rings. The SMILES string of the molecule is COc1ccc(C2CCCN2C(=O)c2cccc(-n3cccc3)c2)c(OC)c1. The number of carbonyl (C=O) groups is 1. The standard InChI is InChI=1S/C23H24N2O3/c1-27-19-10-11-20(22(16-19)28-2)21-9-6-14-25(21)23(26)17-7-5-8-18(15-17)24-12-3-4-13-24/h3-5,7-8,10-13,15-16,21H,6,9,14H2,1-2H3. The van der Waals surface area contributed by atoms with Crippen molar-refractivity contribution in [3.63, 3.8) is 0 Å². The van der Waals surface area contributed by atoms with Crippen molar-refractivity contribution in [2.75, 3.05) is 20.8 Å². The molecule has 5 nitrogen and oxygen atoms in total. The summed E-state index contributed by atoms with van der Waals surface area (Å²) in [6, 6.07) is 17.5. The van der Waals surface area contributed by atoms with Crippen molar-refractivity contribution in [1.82, 2.24) is 9.47 Å². The minimum Gasteiger partial charge on any atom is -0.497 e. The van der Waals surface area contributed by atoms with Gasteiger partial charge in [-0.25, -0.2) is 0 Å². The van der Waals surface area contributed by atoms with E-state index in [0.717, 1.165) is 42.1 Å². The molecule has 0 spiro atoms. The topological polar surface area (TPSA) is 43.7 Å². The lowest BCUT2D eigenvalue weighted by Gasteiger charge is -2.27. The van der Waals surface area contributed by atoms with Gasteiger partial charge in [-0.2, -0.15) is 0 Å². The largest absolute Gasteiger partial charge is 0.497 e. The second-order valence-electron chi connectivity index (χ2n) is 6.91. The van der Waals surface area contributed by atoms with E-state index in [9.17, 15) is 4.79 Å². The van der Waals surface area contributed by atoms with E-state index in [0.29, 0.717) is 5.56 Å². The molecule has 1 unspecified atom stereocenters. The van der Waals surface area contributed by atoms with Gasteiger partial charge in [0.25, 0.3) is 5.91 Å². The van der Waals surface area contributed by atoms with E-state index in [1.54, 1.807) is 14.2 Å². The first kappa shape index (κ1) is 18.2. The molecule has 4 rings (SSSR count). The number of nitrogens with zero attached hydrogens (tertiary/aromatic N) is 2. The summed E-state index contributed by atoms with van der Waals surface area (Å²) >= 11 is 0. The molecule has 1 amide bonds. The molecule has 0 N–H and O–H groups in total. The number of methoxy groups -OCH3 is 2. The van der Waals surface area contributed by atoms with Crippen LogP contribution in [0.5, 0.6) is 11.5 Å². The van der Waals surface area contributed by atoms with Crippen molar-refractivity contribution in [2.24, 2.45) is 0 Å². The van der Waals surface area contributed by atoms with Gasteiger partial charge in [0.05, 0.1) is 20.3 Å². The van der Waals surface area contributed by atoms with Crippen molar-refractivity contribution >= 4 is 5.91 Å². The third-order valence-electron chi connectivity index (χ3n) is 5.31. The molecule has 5 heteroatoms. The number of likely N-dealkylation sites (tertiary alicyclic amines) is 1. The Hall–Kier alpha value is -3.21. The fourth-order valence-corrected chi connectivity index (χ4v) is 3.90.